The molecule has 0 saturated heterocycles. The minimum Gasteiger partial charge on any atom is -0.458 e. The van der Waals surface area contributed by atoms with Crippen molar-refractivity contribution in [1.29, 1.82) is 5.26 Å². The fourth-order valence-corrected chi connectivity index (χ4v) is 4.92. The summed E-state index contributed by atoms with van der Waals surface area (Å²) in [6.07, 6.45) is 0.928. The Morgan fingerprint density at radius 3 is 2.53 bits per heavy atom. The average Bonchev–Trinajstić information content (AvgIpc) is 3.25. The molecule has 4 aromatic rings. The number of hydrogen-bond donors (Lipinski definition) is 1. The number of carbonyl (C=O) groups is 1. The number of fused-ring (bicyclic) bond motifs is 1. The Morgan fingerprint density at radius 1 is 1.18 bits per heavy atom. The van der Waals surface area contributed by atoms with Crippen molar-refractivity contribution in [3.63, 3.8) is 0 Å². The van der Waals surface area contributed by atoms with Gasteiger partial charge < -0.3 is 15.1 Å². The number of hydrogen-bond acceptors (Lipinski definition) is 6. The number of rotatable bonds is 9. The van der Waals surface area contributed by atoms with Gasteiger partial charge in [-0.05, 0) is 55.6 Å². The van der Waals surface area contributed by atoms with Gasteiger partial charge in [-0.3, -0.25) is 14.3 Å². The molecule has 2 aromatic heterocycles. The SMILES string of the molecule is Cc1cc(C(=O)N(CCCN)C(c2oc3cc(C#N)ccc3c(=O)c2Cc2ccccc2)C(C)C)n(C)n1. The lowest BCUT2D eigenvalue weighted by atomic mass is 9.92. The lowest BCUT2D eigenvalue weighted by Crippen LogP contribution is -2.40. The molecule has 0 aliphatic carbocycles. The zero-order valence-electron chi connectivity index (χ0n) is 22.3. The molecule has 2 aromatic carbocycles. The summed E-state index contributed by atoms with van der Waals surface area (Å²) in [5, 5.41) is 14.2. The summed E-state index contributed by atoms with van der Waals surface area (Å²) in [7, 11) is 1.74. The van der Waals surface area contributed by atoms with Crippen LogP contribution in [0.5, 0.6) is 0 Å². The highest BCUT2D eigenvalue weighted by Gasteiger charge is 2.34. The number of aryl methyl sites for hydroxylation is 2. The topological polar surface area (TPSA) is 118 Å². The molecular weight excluding hydrogens is 478 g/mol. The Balaban J connectivity index is 1.97. The zero-order chi connectivity index (χ0) is 27.4. The van der Waals surface area contributed by atoms with Gasteiger partial charge in [0.25, 0.3) is 5.91 Å². The Labute approximate surface area is 222 Å². The molecule has 0 fully saturated rings. The van der Waals surface area contributed by atoms with Crippen LogP contribution in [0.25, 0.3) is 11.0 Å². The fourth-order valence-electron chi connectivity index (χ4n) is 4.92. The van der Waals surface area contributed by atoms with E-state index in [1.54, 1.807) is 40.9 Å². The van der Waals surface area contributed by atoms with E-state index >= 15 is 0 Å². The van der Waals surface area contributed by atoms with E-state index in [4.69, 9.17) is 10.2 Å². The van der Waals surface area contributed by atoms with Crippen molar-refractivity contribution in [3.05, 3.63) is 98.7 Å². The van der Waals surface area contributed by atoms with E-state index in [0.717, 1.165) is 11.3 Å². The highest BCUT2D eigenvalue weighted by atomic mass is 16.3. The smallest absolute Gasteiger partial charge is 0.272 e. The van der Waals surface area contributed by atoms with Crippen LogP contribution in [0, 0.1) is 24.2 Å². The third kappa shape index (κ3) is 5.38. The van der Waals surface area contributed by atoms with Gasteiger partial charge in [-0.25, -0.2) is 0 Å². The predicted octanol–water partition coefficient (Wildman–Crippen LogP) is 4.49. The Bertz CT molecular complexity index is 1550. The first-order chi connectivity index (χ1) is 18.2. The first kappa shape index (κ1) is 26.8. The van der Waals surface area contributed by atoms with Gasteiger partial charge in [-0.1, -0.05) is 44.2 Å². The van der Waals surface area contributed by atoms with Crippen molar-refractivity contribution in [3.8, 4) is 6.07 Å². The second-order valence-electron chi connectivity index (χ2n) is 9.88. The van der Waals surface area contributed by atoms with Crippen molar-refractivity contribution < 1.29 is 9.21 Å². The zero-order valence-corrected chi connectivity index (χ0v) is 22.3. The van der Waals surface area contributed by atoms with Gasteiger partial charge in [0, 0.05) is 25.6 Å². The van der Waals surface area contributed by atoms with E-state index in [-0.39, 0.29) is 17.3 Å². The molecule has 2 heterocycles. The fraction of sp³-hybridized carbons (Fsp3) is 0.333. The van der Waals surface area contributed by atoms with Gasteiger partial charge in [-0.2, -0.15) is 10.4 Å². The van der Waals surface area contributed by atoms with Crippen molar-refractivity contribution in [2.75, 3.05) is 13.1 Å². The van der Waals surface area contributed by atoms with Crippen LogP contribution in [0.15, 0.2) is 63.8 Å². The number of carbonyl (C=O) groups excluding carboxylic acids is 1. The Morgan fingerprint density at radius 2 is 1.92 bits per heavy atom. The monoisotopic (exact) mass is 511 g/mol. The van der Waals surface area contributed by atoms with Crippen molar-refractivity contribution in [2.45, 2.75) is 39.7 Å². The standard InChI is InChI=1S/C30H33N5O3/c1-19(2)27(35(14-8-13-31)30(37)25-15-20(3)33-34(25)4)29-24(16-21-9-6-5-7-10-21)28(36)23-12-11-22(18-32)17-26(23)38-29/h5-7,9-12,15,17,19,27H,8,13-14,16,31H2,1-4H3. The van der Waals surface area contributed by atoms with Crippen molar-refractivity contribution in [2.24, 2.45) is 18.7 Å². The van der Waals surface area contributed by atoms with Gasteiger partial charge in [0.05, 0.1) is 28.8 Å². The number of amides is 1. The number of nitrogens with zero attached hydrogens (tertiary/aromatic N) is 4. The number of benzene rings is 2. The highest BCUT2D eigenvalue weighted by Crippen LogP contribution is 2.34. The molecule has 4 rings (SSSR count). The van der Waals surface area contributed by atoms with Gasteiger partial charge >= 0.3 is 0 Å². The molecule has 1 amide bonds. The summed E-state index contributed by atoms with van der Waals surface area (Å²) in [5.41, 5.74) is 9.07. The summed E-state index contributed by atoms with van der Waals surface area (Å²) in [4.78, 5) is 29.7. The summed E-state index contributed by atoms with van der Waals surface area (Å²) in [6, 6.07) is 17.9. The lowest BCUT2D eigenvalue weighted by Gasteiger charge is -2.35. The molecule has 1 unspecified atom stereocenters. The maximum absolute atomic E-state index is 14.0. The van der Waals surface area contributed by atoms with Crippen LogP contribution in [-0.2, 0) is 13.5 Å². The van der Waals surface area contributed by atoms with E-state index in [1.807, 2.05) is 51.1 Å². The molecule has 1 atom stereocenters. The second-order valence-corrected chi connectivity index (χ2v) is 9.88. The van der Waals surface area contributed by atoms with Crippen LogP contribution in [0.2, 0.25) is 0 Å². The van der Waals surface area contributed by atoms with Crippen LogP contribution >= 0.6 is 0 Å². The summed E-state index contributed by atoms with van der Waals surface area (Å²) in [5.74, 6) is 0.125. The van der Waals surface area contributed by atoms with Gasteiger partial charge in [0.2, 0.25) is 0 Å². The van der Waals surface area contributed by atoms with Crippen LogP contribution in [0.4, 0.5) is 0 Å². The summed E-state index contributed by atoms with van der Waals surface area (Å²) >= 11 is 0. The molecule has 0 radical (unpaired) electrons. The van der Waals surface area contributed by atoms with Crippen molar-refractivity contribution >= 4 is 16.9 Å². The number of nitriles is 1. The number of nitrogens with two attached hydrogens (primary N) is 1. The normalized spacial score (nSPS) is 12.0. The minimum atomic E-state index is -0.550. The van der Waals surface area contributed by atoms with E-state index < -0.39 is 6.04 Å². The largest absolute Gasteiger partial charge is 0.458 e. The third-order valence-electron chi connectivity index (χ3n) is 6.69. The molecule has 0 bridgehead atoms. The van der Waals surface area contributed by atoms with Crippen LogP contribution in [0.3, 0.4) is 0 Å². The van der Waals surface area contributed by atoms with Crippen molar-refractivity contribution in [1.82, 2.24) is 14.7 Å². The minimum absolute atomic E-state index is 0.0969. The molecule has 0 aliphatic rings. The van der Waals surface area contributed by atoms with E-state index in [1.165, 1.54) is 0 Å². The first-order valence-electron chi connectivity index (χ1n) is 12.8. The first-order valence-corrected chi connectivity index (χ1v) is 12.8. The van der Waals surface area contributed by atoms with E-state index in [0.29, 0.717) is 59.5 Å². The van der Waals surface area contributed by atoms with Crippen LogP contribution in [0.1, 0.15) is 64.9 Å². The van der Waals surface area contributed by atoms with E-state index in [2.05, 4.69) is 11.2 Å². The van der Waals surface area contributed by atoms with Crippen LogP contribution < -0.4 is 11.2 Å². The summed E-state index contributed by atoms with van der Waals surface area (Å²) in [6.45, 7) is 6.64. The molecule has 196 valence electrons. The van der Waals surface area contributed by atoms with Gasteiger partial charge in [0.15, 0.2) is 5.43 Å². The quantitative estimate of drug-likeness (QED) is 0.354. The molecule has 2 N–H and O–H groups in total. The lowest BCUT2D eigenvalue weighted by molar-refractivity contribution is 0.0576. The molecule has 0 spiro atoms. The molecular formula is C30H33N5O3. The molecule has 8 heteroatoms. The molecule has 0 saturated carbocycles. The molecule has 38 heavy (non-hydrogen) atoms. The average molecular weight is 512 g/mol. The second kappa shape index (κ2) is 11.4. The maximum Gasteiger partial charge on any atom is 0.272 e. The van der Waals surface area contributed by atoms with Gasteiger partial charge in [0.1, 0.15) is 17.0 Å². The predicted molar refractivity (Wildman–Crippen MR) is 147 cm³/mol. The maximum atomic E-state index is 14.0. The Kier molecular flexibility index (Phi) is 8.08. The molecule has 0 aliphatic heterocycles. The van der Waals surface area contributed by atoms with E-state index in [9.17, 15) is 14.9 Å². The third-order valence-corrected chi connectivity index (χ3v) is 6.69. The van der Waals surface area contributed by atoms with Crippen LogP contribution in [-0.4, -0.2) is 33.7 Å². The highest BCUT2D eigenvalue weighted by molar-refractivity contribution is 5.93. The Hall–Kier alpha value is -4.22. The van der Waals surface area contributed by atoms with Gasteiger partial charge in [-0.15, -0.1) is 0 Å². The summed E-state index contributed by atoms with van der Waals surface area (Å²) < 4.78 is 8.07. The number of aromatic nitrogens is 2. The molecule has 8 nitrogen and oxygen atoms in total.